The van der Waals surface area contributed by atoms with E-state index >= 15 is 0 Å². The zero-order valence-corrected chi connectivity index (χ0v) is 14.6. The minimum absolute atomic E-state index is 0.0351. The minimum atomic E-state index is -5.08. The number of piperidine rings is 1. The third-order valence-corrected chi connectivity index (χ3v) is 5.21. The number of nitrogens with zero attached hydrogens (tertiary/aromatic N) is 2. The summed E-state index contributed by atoms with van der Waals surface area (Å²) < 4.78 is 31.7. The van der Waals surface area contributed by atoms with Gasteiger partial charge in [-0.3, -0.25) is 9.59 Å². The zero-order valence-electron chi connectivity index (χ0n) is 14.6. The number of hydrogen-bond donors (Lipinski definition) is 2. The second-order valence-electron chi connectivity index (χ2n) is 7.12. The number of carbonyl (C=O) groups is 3. The Balaban J connectivity index is 0.000000298. The van der Waals surface area contributed by atoms with Crippen molar-refractivity contribution in [2.75, 3.05) is 32.7 Å². The number of aliphatic carboxylic acids is 1. The lowest BCUT2D eigenvalue weighted by Crippen LogP contribution is -2.64. The van der Waals surface area contributed by atoms with Gasteiger partial charge >= 0.3 is 12.1 Å². The molecule has 0 saturated carbocycles. The molecule has 3 aliphatic heterocycles. The van der Waals surface area contributed by atoms with E-state index in [2.05, 4.69) is 5.32 Å². The first-order chi connectivity index (χ1) is 12.1. The topological polar surface area (TPSA) is 90.0 Å². The number of rotatable bonds is 1. The molecule has 1 spiro atoms. The number of halogens is 3. The van der Waals surface area contributed by atoms with Crippen molar-refractivity contribution in [1.82, 2.24) is 15.1 Å². The number of hydrogen-bond acceptors (Lipinski definition) is 4. The molecule has 0 aromatic heterocycles. The van der Waals surface area contributed by atoms with Gasteiger partial charge in [0.2, 0.25) is 11.8 Å². The van der Waals surface area contributed by atoms with Crippen molar-refractivity contribution in [3.05, 3.63) is 0 Å². The summed E-state index contributed by atoms with van der Waals surface area (Å²) in [7, 11) is 0. The second kappa shape index (κ2) is 7.81. The Labute approximate surface area is 149 Å². The van der Waals surface area contributed by atoms with Crippen molar-refractivity contribution < 1.29 is 32.7 Å². The Morgan fingerprint density at radius 3 is 2.15 bits per heavy atom. The molecule has 3 aliphatic rings. The number of carbonyl (C=O) groups excluding carboxylic acids is 2. The average Bonchev–Trinajstić information content (AvgIpc) is 3.02. The van der Waals surface area contributed by atoms with Crippen LogP contribution in [0.3, 0.4) is 0 Å². The van der Waals surface area contributed by atoms with Gasteiger partial charge in [-0.15, -0.1) is 0 Å². The van der Waals surface area contributed by atoms with E-state index < -0.39 is 12.1 Å². The van der Waals surface area contributed by atoms with Crippen LogP contribution >= 0.6 is 0 Å². The summed E-state index contributed by atoms with van der Waals surface area (Å²) in [4.78, 5) is 36.6. The highest BCUT2D eigenvalue weighted by molar-refractivity contribution is 5.88. The third kappa shape index (κ3) is 4.66. The molecule has 3 fully saturated rings. The number of nitrogens with one attached hydrogen (secondary N) is 1. The molecular weight excluding hydrogens is 355 g/mol. The SMILES string of the molecule is CC(=O)N1CCC[C@@H]1C(=O)N1CC2(CCNCC2)C1.O=C(O)C(F)(F)F. The summed E-state index contributed by atoms with van der Waals surface area (Å²) in [5.41, 5.74) is 0.376. The van der Waals surface area contributed by atoms with Crippen molar-refractivity contribution in [3.8, 4) is 0 Å². The average molecular weight is 379 g/mol. The molecule has 0 aromatic rings. The van der Waals surface area contributed by atoms with Crippen LogP contribution in [0.1, 0.15) is 32.6 Å². The summed E-state index contributed by atoms with van der Waals surface area (Å²) in [5.74, 6) is -2.54. The Morgan fingerprint density at radius 2 is 1.69 bits per heavy atom. The Hall–Kier alpha value is -1.84. The van der Waals surface area contributed by atoms with Gasteiger partial charge in [0.1, 0.15) is 6.04 Å². The second-order valence-corrected chi connectivity index (χ2v) is 7.12. The first kappa shape index (κ1) is 20.5. The molecule has 148 valence electrons. The van der Waals surface area contributed by atoms with Gasteiger partial charge < -0.3 is 20.2 Å². The highest BCUT2D eigenvalue weighted by atomic mass is 19.4. The van der Waals surface area contributed by atoms with E-state index in [0.717, 1.165) is 45.6 Å². The van der Waals surface area contributed by atoms with Crippen LogP contribution in [0.2, 0.25) is 0 Å². The van der Waals surface area contributed by atoms with Crippen LogP contribution in [0, 0.1) is 5.41 Å². The fourth-order valence-electron chi connectivity index (χ4n) is 3.80. The van der Waals surface area contributed by atoms with Crippen LogP contribution in [-0.2, 0) is 14.4 Å². The van der Waals surface area contributed by atoms with Crippen LogP contribution in [0.25, 0.3) is 0 Å². The van der Waals surface area contributed by atoms with Crippen molar-refractivity contribution in [2.45, 2.75) is 44.8 Å². The molecule has 7 nitrogen and oxygen atoms in total. The molecule has 10 heteroatoms. The first-order valence-electron chi connectivity index (χ1n) is 8.63. The molecule has 2 N–H and O–H groups in total. The Bertz CT molecular complexity index is 553. The van der Waals surface area contributed by atoms with Crippen molar-refractivity contribution in [3.63, 3.8) is 0 Å². The smallest absolute Gasteiger partial charge is 0.475 e. The highest BCUT2D eigenvalue weighted by Crippen LogP contribution is 2.39. The quantitative estimate of drug-likeness (QED) is 0.705. The van der Waals surface area contributed by atoms with Crippen LogP contribution in [0.5, 0.6) is 0 Å². The fourth-order valence-corrected chi connectivity index (χ4v) is 3.80. The monoisotopic (exact) mass is 379 g/mol. The van der Waals surface area contributed by atoms with E-state index in [1.54, 1.807) is 11.8 Å². The van der Waals surface area contributed by atoms with E-state index in [9.17, 15) is 22.8 Å². The summed E-state index contributed by atoms with van der Waals surface area (Å²) >= 11 is 0. The maximum atomic E-state index is 12.5. The third-order valence-electron chi connectivity index (χ3n) is 5.21. The van der Waals surface area contributed by atoms with Gasteiger partial charge in [0.15, 0.2) is 0 Å². The van der Waals surface area contributed by atoms with Gasteiger partial charge in [-0.05, 0) is 38.8 Å². The standard InChI is InChI=1S/C14H23N3O2.C2HF3O2/c1-11(18)17-8-2-3-12(17)13(19)16-9-14(10-16)4-6-15-7-5-14;3-2(4,5)1(6)7/h12,15H,2-10H2,1H3;(H,6,7)/t12-;/m1./s1. The Kier molecular flexibility index (Phi) is 6.15. The van der Waals surface area contributed by atoms with Crippen LogP contribution < -0.4 is 5.32 Å². The lowest BCUT2D eigenvalue weighted by Gasteiger charge is -2.53. The summed E-state index contributed by atoms with van der Waals surface area (Å²) in [6, 6.07) is -0.184. The fraction of sp³-hybridized carbons (Fsp3) is 0.812. The van der Waals surface area contributed by atoms with Crippen molar-refractivity contribution in [1.29, 1.82) is 0 Å². The molecule has 3 saturated heterocycles. The summed E-state index contributed by atoms with van der Waals surface area (Å²) in [6.45, 7) is 6.26. The number of likely N-dealkylation sites (tertiary alicyclic amines) is 2. The number of alkyl halides is 3. The maximum Gasteiger partial charge on any atom is 0.490 e. The van der Waals surface area contributed by atoms with Gasteiger partial charge in [0.05, 0.1) is 0 Å². The number of carboxylic acids is 1. The molecule has 0 bridgehead atoms. The van der Waals surface area contributed by atoms with E-state index in [4.69, 9.17) is 9.90 Å². The number of carboxylic acid groups (broad SMARTS) is 1. The van der Waals surface area contributed by atoms with Gasteiger partial charge in [0.25, 0.3) is 0 Å². The molecular formula is C16H24F3N3O4. The van der Waals surface area contributed by atoms with Crippen LogP contribution in [0.15, 0.2) is 0 Å². The van der Waals surface area contributed by atoms with Gasteiger partial charge in [-0.1, -0.05) is 0 Å². The minimum Gasteiger partial charge on any atom is -0.475 e. The van der Waals surface area contributed by atoms with E-state index in [1.165, 1.54) is 12.8 Å². The predicted octanol–water partition coefficient (Wildman–Crippen LogP) is 0.843. The molecule has 0 radical (unpaired) electrons. The van der Waals surface area contributed by atoms with Gasteiger partial charge in [0, 0.05) is 32.0 Å². The molecule has 0 unspecified atom stereocenters. The lowest BCUT2D eigenvalue weighted by atomic mass is 9.72. The van der Waals surface area contributed by atoms with Crippen LogP contribution in [-0.4, -0.2) is 77.6 Å². The summed E-state index contributed by atoms with van der Waals surface area (Å²) in [5, 5.41) is 10.5. The normalized spacial score (nSPS) is 24.5. The molecule has 0 aliphatic carbocycles. The molecule has 1 atom stereocenters. The largest absolute Gasteiger partial charge is 0.490 e. The lowest BCUT2D eigenvalue weighted by molar-refractivity contribution is -0.192. The maximum absolute atomic E-state index is 12.5. The van der Waals surface area contributed by atoms with Crippen molar-refractivity contribution >= 4 is 17.8 Å². The summed E-state index contributed by atoms with van der Waals surface area (Å²) in [6.07, 6.45) is -0.932. The molecule has 2 amide bonds. The van der Waals surface area contributed by atoms with E-state index in [1.807, 2.05) is 4.90 Å². The van der Waals surface area contributed by atoms with E-state index in [0.29, 0.717) is 5.41 Å². The predicted molar refractivity (Wildman–Crippen MR) is 85.2 cm³/mol. The van der Waals surface area contributed by atoms with Gasteiger partial charge in [-0.2, -0.15) is 13.2 Å². The molecule has 26 heavy (non-hydrogen) atoms. The van der Waals surface area contributed by atoms with E-state index in [-0.39, 0.29) is 17.9 Å². The Morgan fingerprint density at radius 1 is 1.15 bits per heavy atom. The highest BCUT2D eigenvalue weighted by Gasteiger charge is 2.48. The van der Waals surface area contributed by atoms with Gasteiger partial charge in [-0.25, -0.2) is 4.79 Å². The van der Waals surface area contributed by atoms with Crippen molar-refractivity contribution in [2.24, 2.45) is 5.41 Å². The first-order valence-corrected chi connectivity index (χ1v) is 8.63. The van der Waals surface area contributed by atoms with Crippen LogP contribution in [0.4, 0.5) is 13.2 Å². The molecule has 3 rings (SSSR count). The zero-order chi connectivity index (χ0) is 19.5. The molecule has 0 aromatic carbocycles. The molecule has 3 heterocycles. The number of amides is 2.